The number of hydrogen-bond acceptors (Lipinski definition) is 3. The first-order valence-corrected chi connectivity index (χ1v) is 8.66. The van der Waals surface area contributed by atoms with Crippen LogP contribution in [0.3, 0.4) is 0 Å². The van der Waals surface area contributed by atoms with Gasteiger partial charge < -0.3 is 9.30 Å². The Bertz CT molecular complexity index is 995. The molecule has 0 bridgehead atoms. The van der Waals surface area contributed by atoms with Crippen LogP contribution < -0.4 is 5.32 Å². The van der Waals surface area contributed by atoms with E-state index in [2.05, 4.69) is 28.9 Å². The number of carbonyl (C=O) groups is 1. The summed E-state index contributed by atoms with van der Waals surface area (Å²) in [6.07, 6.45) is -0.476. The molecule has 0 aliphatic carbocycles. The number of aromatic nitrogens is 1. The summed E-state index contributed by atoms with van der Waals surface area (Å²) in [4.78, 5) is 11.5. The molecule has 1 aromatic heterocycles. The minimum Gasteiger partial charge on any atom is -0.450 e. The summed E-state index contributed by atoms with van der Waals surface area (Å²) in [6.45, 7) is 6.97. The minimum absolute atomic E-state index is 0.325. The Morgan fingerprint density at radius 3 is 2.54 bits per heavy atom. The minimum atomic E-state index is -0.476. The molecule has 1 heterocycles. The molecule has 0 aliphatic heterocycles. The second-order valence-electron chi connectivity index (χ2n) is 6.02. The predicted molar refractivity (Wildman–Crippen MR) is 103 cm³/mol. The highest BCUT2D eigenvalue weighted by atomic mass is 16.5. The molecular formula is C21H21N3O2. The molecule has 5 heteroatoms. The zero-order valence-corrected chi connectivity index (χ0v) is 15.2. The van der Waals surface area contributed by atoms with Gasteiger partial charge in [0.05, 0.1) is 23.4 Å². The summed E-state index contributed by atoms with van der Waals surface area (Å²) in [5.74, 6) is 0. The third kappa shape index (κ3) is 3.14. The summed E-state index contributed by atoms with van der Waals surface area (Å²) in [6, 6.07) is 16.0. The lowest BCUT2D eigenvalue weighted by Crippen LogP contribution is -2.13. The molecule has 2 aromatic carbocycles. The van der Waals surface area contributed by atoms with Crippen molar-refractivity contribution >= 4 is 22.7 Å². The fraction of sp³-hybridized carbons (Fsp3) is 0.238. The molecule has 0 radical (unpaired) electrons. The summed E-state index contributed by atoms with van der Waals surface area (Å²) in [5, 5.41) is 13.4. The quantitative estimate of drug-likeness (QED) is 0.716. The molecule has 132 valence electrons. The maximum Gasteiger partial charge on any atom is 0.411 e. The molecule has 3 rings (SSSR count). The Hall–Kier alpha value is -3.26. The van der Waals surface area contributed by atoms with E-state index in [1.807, 2.05) is 43.3 Å². The van der Waals surface area contributed by atoms with Crippen molar-refractivity contribution in [3.05, 3.63) is 53.6 Å². The number of benzene rings is 2. The molecule has 3 aromatic rings. The molecule has 0 unspecified atom stereocenters. The molecular weight excluding hydrogens is 326 g/mol. The topological polar surface area (TPSA) is 67.0 Å². The van der Waals surface area contributed by atoms with Crippen LogP contribution in [-0.4, -0.2) is 17.3 Å². The third-order valence-corrected chi connectivity index (χ3v) is 4.33. The molecule has 0 saturated carbocycles. The Morgan fingerprint density at radius 1 is 1.19 bits per heavy atom. The highest BCUT2D eigenvalue weighted by Crippen LogP contribution is 2.34. The zero-order valence-electron chi connectivity index (χ0n) is 15.2. The van der Waals surface area contributed by atoms with Crippen LogP contribution in [0.15, 0.2) is 42.5 Å². The van der Waals surface area contributed by atoms with Crippen LogP contribution >= 0.6 is 0 Å². The van der Waals surface area contributed by atoms with Crippen LogP contribution in [0, 0.1) is 18.3 Å². The Balaban J connectivity index is 2.07. The predicted octanol–water partition coefficient (Wildman–Crippen LogP) is 5.08. The van der Waals surface area contributed by atoms with Crippen molar-refractivity contribution in [2.75, 3.05) is 11.9 Å². The second-order valence-corrected chi connectivity index (χ2v) is 6.02. The van der Waals surface area contributed by atoms with Gasteiger partial charge in [-0.15, -0.1) is 0 Å². The van der Waals surface area contributed by atoms with E-state index in [0.717, 1.165) is 34.3 Å². The Morgan fingerprint density at radius 2 is 1.92 bits per heavy atom. The van der Waals surface area contributed by atoms with Gasteiger partial charge in [-0.3, -0.25) is 5.32 Å². The fourth-order valence-electron chi connectivity index (χ4n) is 3.20. The average molecular weight is 347 g/mol. The van der Waals surface area contributed by atoms with E-state index < -0.39 is 6.09 Å². The fourth-order valence-corrected chi connectivity index (χ4v) is 3.20. The number of anilines is 1. The van der Waals surface area contributed by atoms with Crippen LogP contribution in [0.1, 0.15) is 25.0 Å². The zero-order chi connectivity index (χ0) is 18.7. The van der Waals surface area contributed by atoms with Gasteiger partial charge in [-0.25, -0.2) is 4.79 Å². The van der Waals surface area contributed by atoms with Gasteiger partial charge >= 0.3 is 6.09 Å². The first kappa shape index (κ1) is 17.6. The molecule has 0 saturated heterocycles. The summed E-state index contributed by atoms with van der Waals surface area (Å²) in [7, 11) is 0. The molecule has 0 fully saturated rings. The van der Waals surface area contributed by atoms with Gasteiger partial charge in [-0.1, -0.05) is 24.3 Å². The highest BCUT2D eigenvalue weighted by molar-refractivity contribution is 5.95. The normalized spacial score (nSPS) is 10.5. The van der Waals surface area contributed by atoms with Crippen molar-refractivity contribution in [1.82, 2.24) is 4.57 Å². The van der Waals surface area contributed by atoms with Crippen molar-refractivity contribution in [2.24, 2.45) is 0 Å². The van der Waals surface area contributed by atoms with Crippen LogP contribution in [0.5, 0.6) is 0 Å². The van der Waals surface area contributed by atoms with E-state index in [4.69, 9.17) is 4.74 Å². The van der Waals surface area contributed by atoms with Gasteiger partial charge in [0, 0.05) is 17.6 Å². The highest BCUT2D eigenvalue weighted by Gasteiger charge is 2.18. The van der Waals surface area contributed by atoms with Gasteiger partial charge in [0.1, 0.15) is 6.07 Å². The summed E-state index contributed by atoms with van der Waals surface area (Å²) in [5.41, 5.74) is 5.39. The van der Waals surface area contributed by atoms with Gasteiger partial charge in [0.25, 0.3) is 0 Å². The number of rotatable bonds is 4. The maximum absolute atomic E-state index is 11.5. The number of ether oxygens (including phenoxy) is 1. The number of nitrogens with one attached hydrogen (secondary N) is 1. The number of carbonyl (C=O) groups excluding carboxylic acids is 1. The molecule has 0 atom stereocenters. The molecule has 5 nitrogen and oxygen atoms in total. The van der Waals surface area contributed by atoms with E-state index in [1.54, 1.807) is 6.92 Å². The van der Waals surface area contributed by atoms with Crippen LogP contribution in [0.4, 0.5) is 10.5 Å². The standard InChI is InChI=1S/C21H21N3O2/c1-4-24-19-12-14(3)6-11-17(19)18(13-22)20(24)15-7-9-16(10-8-15)23-21(25)26-5-2/h6-12H,4-5H2,1-3H3,(H,23,25). The molecule has 0 spiro atoms. The monoisotopic (exact) mass is 347 g/mol. The summed E-state index contributed by atoms with van der Waals surface area (Å²) >= 11 is 0. The van der Waals surface area contributed by atoms with E-state index >= 15 is 0 Å². The van der Waals surface area contributed by atoms with Gasteiger partial charge in [0.15, 0.2) is 0 Å². The Labute approximate surface area is 152 Å². The molecule has 1 N–H and O–H groups in total. The lowest BCUT2D eigenvalue weighted by Gasteiger charge is -2.10. The van der Waals surface area contributed by atoms with Crippen molar-refractivity contribution in [3.8, 4) is 17.3 Å². The van der Waals surface area contributed by atoms with Crippen LogP contribution in [-0.2, 0) is 11.3 Å². The number of nitrogens with zero attached hydrogens (tertiary/aromatic N) is 2. The van der Waals surface area contributed by atoms with E-state index in [9.17, 15) is 10.1 Å². The first-order valence-electron chi connectivity index (χ1n) is 8.66. The average Bonchev–Trinajstić information content (AvgIpc) is 2.95. The number of amides is 1. The maximum atomic E-state index is 11.5. The smallest absolute Gasteiger partial charge is 0.411 e. The second kappa shape index (κ2) is 7.32. The number of hydrogen-bond donors (Lipinski definition) is 1. The first-order chi connectivity index (χ1) is 12.6. The van der Waals surface area contributed by atoms with Crippen molar-refractivity contribution < 1.29 is 9.53 Å². The van der Waals surface area contributed by atoms with Crippen LogP contribution in [0.25, 0.3) is 22.2 Å². The van der Waals surface area contributed by atoms with E-state index in [-0.39, 0.29) is 0 Å². The number of fused-ring (bicyclic) bond motifs is 1. The number of aryl methyl sites for hydroxylation is 2. The van der Waals surface area contributed by atoms with Gasteiger partial charge in [-0.2, -0.15) is 5.26 Å². The number of nitriles is 1. The van der Waals surface area contributed by atoms with E-state index in [0.29, 0.717) is 17.9 Å². The Kier molecular flexibility index (Phi) is 4.94. The van der Waals surface area contributed by atoms with Crippen molar-refractivity contribution in [3.63, 3.8) is 0 Å². The molecule has 1 amide bonds. The van der Waals surface area contributed by atoms with Crippen molar-refractivity contribution in [2.45, 2.75) is 27.3 Å². The molecule has 26 heavy (non-hydrogen) atoms. The largest absolute Gasteiger partial charge is 0.450 e. The van der Waals surface area contributed by atoms with Gasteiger partial charge in [-0.05, 0) is 50.1 Å². The lowest BCUT2D eigenvalue weighted by molar-refractivity contribution is 0.168. The van der Waals surface area contributed by atoms with Crippen molar-refractivity contribution in [1.29, 1.82) is 5.26 Å². The lowest BCUT2D eigenvalue weighted by atomic mass is 10.1. The van der Waals surface area contributed by atoms with E-state index in [1.165, 1.54) is 0 Å². The molecule has 0 aliphatic rings. The SMILES string of the molecule is CCOC(=O)Nc1ccc(-c2c(C#N)c3ccc(C)cc3n2CC)cc1. The van der Waals surface area contributed by atoms with Crippen LogP contribution in [0.2, 0.25) is 0 Å². The van der Waals surface area contributed by atoms with Gasteiger partial charge in [0.2, 0.25) is 0 Å². The summed E-state index contributed by atoms with van der Waals surface area (Å²) < 4.78 is 7.05. The third-order valence-electron chi connectivity index (χ3n) is 4.33.